The number of fused-ring (bicyclic) bond motifs is 2. The van der Waals surface area contributed by atoms with Crippen molar-refractivity contribution in [3.05, 3.63) is 33.3 Å². The molecule has 0 bridgehead atoms. The van der Waals surface area contributed by atoms with E-state index in [4.69, 9.17) is 4.74 Å². The maximum atomic E-state index is 9.86. The van der Waals surface area contributed by atoms with E-state index in [-0.39, 0.29) is 17.7 Å². The van der Waals surface area contributed by atoms with E-state index < -0.39 is 0 Å². The van der Waals surface area contributed by atoms with E-state index in [1.165, 1.54) is 10.4 Å². The molecule has 4 atom stereocenters. The highest BCUT2D eigenvalue weighted by Gasteiger charge is 2.44. The van der Waals surface area contributed by atoms with Gasteiger partial charge in [0.15, 0.2) is 0 Å². The maximum Gasteiger partial charge on any atom is 0.0969 e. The molecule has 2 aromatic rings. The number of hydrogen-bond donors (Lipinski definition) is 1. The lowest BCUT2D eigenvalue weighted by Gasteiger charge is -2.47. The number of aryl methyl sites for hydroxylation is 1. The second-order valence-electron chi connectivity index (χ2n) is 8.67. The fraction of sp³-hybridized carbons (Fsp3) is 0.714. The predicted molar refractivity (Wildman–Crippen MR) is 108 cm³/mol. The van der Waals surface area contributed by atoms with Crippen molar-refractivity contribution >= 4 is 11.3 Å². The largest absolute Gasteiger partial charge is 0.391 e. The predicted octanol–water partition coefficient (Wildman–Crippen LogP) is 3.05. The molecule has 1 spiro atoms. The van der Waals surface area contributed by atoms with Gasteiger partial charge in [-0.1, -0.05) is 12.1 Å². The summed E-state index contributed by atoms with van der Waals surface area (Å²) in [5.41, 5.74) is 2.37. The summed E-state index contributed by atoms with van der Waals surface area (Å²) < 4.78 is 8.30. The minimum atomic E-state index is -0.264. The Balaban J connectivity index is 1.28. The van der Waals surface area contributed by atoms with Crippen molar-refractivity contribution in [1.29, 1.82) is 0 Å². The van der Waals surface area contributed by atoms with Gasteiger partial charge in [-0.15, -0.1) is 16.4 Å². The summed E-state index contributed by atoms with van der Waals surface area (Å²) in [5.74, 6) is 0. The van der Waals surface area contributed by atoms with Gasteiger partial charge in [-0.3, -0.25) is 4.90 Å². The molecule has 1 saturated heterocycles. The molecule has 2 fully saturated rings. The normalized spacial score (nSPS) is 33.0. The van der Waals surface area contributed by atoms with Crippen molar-refractivity contribution in [1.82, 2.24) is 19.9 Å². The average molecular weight is 403 g/mol. The van der Waals surface area contributed by atoms with E-state index in [9.17, 15) is 5.11 Å². The fourth-order valence-corrected chi connectivity index (χ4v) is 6.22. The van der Waals surface area contributed by atoms with Gasteiger partial charge in [0.2, 0.25) is 0 Å². The monoisotopic (exact) mass is 402 g/mol. The van der Waals surface area contributed by atoms with Crippen LogP contribution in [0.4, 0.5) is 0 Å². The number of rotatable bonds is 4. The zero-order valence-electron chi connectivity index (χ0n) is 16.8. The van der Waals surface area contributed by atoms with Crippen molar-refractivity contribution in [3.63, 3.8) is 0 Å². The molecule has 1 aliphatic carbocycles. The van der Waals surface area contributed by atoms with Crippen molar-refractivity contribution in [2.45, 2.75) is 82.7 Å². The Labute approximate surface area is 170 Å². The Morgan fingerprint density at radius 2 is 2.29 bits per heavy atom. The average Bonchev–Trinajstić information content (AvgIpc) is 3.31. The van der Waals surface area contributed by atoms with Crippen LogP contribution in [0.5, 0.6) is 0 Å². The highest BCUT2D eigenvalue weighted by Crippen LogP contribution is 2.46. The molecule has 1 saturated carbocycles. The van der Waals surface area contributed by atoms with E-state index >= 15 is 0 Å². The van der Waals surface area contributed by atoms with Crippen LogP contribution in [0.2, 0.25) is 0 Å². The minimum Gasteiger partial charge on any atom is -0.391 e. The smallest absolute Gasteiger partial charge is 0.0969 e. The van der Waals surface area contributed by atoms with Gasteiger partial charge in [0.05, 0.1) is 36.2 Å². The van der Waals surface area contributed by atoms with Crippen LogP contribution in [0, 0.1) is 0 Å². The Morgan fingerprint density at radius 3 is 3.00 bits per heavy atom. The molecule has 2 aliphatic heterocycles. The van der Waals surface area contributed by atoms with Gasteiger partial charge in [-0.05, 0) is 50.7 Å². The summed E-state index contributed by atoms with van der Waals surface area (Å²) in [4.78, 5) is 5.53. The summed E-state index contributed by atoms with van der Waals surface area (Å²) >= 11 is 1.99. The number of aliphatic hydroxyl groups is 1. The molecule has 4 heterocycles. The Bertz CT molecular complexity index is 849. The molecular formula is C21H30N4O2S. The third-order valence-corrected chi connectivity index (χ3v) is 8.26. The van der Waals surface area contributed by atoms with Crippen LogP contribution in [-0.2, 0) is 29.7 Å². The molecule has 0 aromatic carbocycles. The van der Waals surface area contributed by atoms with Crippen LogP contribution in [0.1, 0.15) is 66.6 Å². The molecule has 0 unspecified atom stereocenters. The second-order valence-corrected chi connectivity index (χ2v) is 9.89. The van der Waals surface area contributed by atoms with E-state index in [1.807, 2.05) is 22.2 Å². The van der Waals surface area contributed by atoms with Gasteiger partial charge in [0.25, 0.3) is 0 Å². The van der Waals surface area contributed by atoms with E-state index in [0.717, 1.165) is 63.9 Å². The molecule has 7 heteroatoms. The fourth-order valence-electron chi connectivity index (χ4n) is 5.04. The minimum absolute atomic E-state index is 0.0962. The van der Waals surface area contributed by atoms with Crippen LogP contribution in [-0.4, -0.2) is 50.3 Å². The molecule has 0 amide bonds. The standard InChI is InChI=1S/C21H30N4O2S/c1-3-16-10-17-20(28-16)6-9-27-21(17)7-8-24(14(2)11-21)12-15-13-25(23-22-15)18-4-5-19(18)26/h10,13-14,18-19,26H,3-9,11-12H2,1-2H3/t14-,18-,19-,21+/m0/s1. The lowest BCUT2D eigenvalue weighted by molar-refractivity contribution is -0.112. The summed E-state index contributed by atoms with van der Waals surface area (Å²) in [6.45, 7) is 7.23. The number of thiophene rings is 1. The molecule has 152 valence electrons. The third kappa shape index (κ3) is 3.12. The van der Waals surface area contributed by atoms with E-state index in [2.05, 4.69) is 35.1 Å². The first kappa shape index (κ1) is 18.7. The number of ether oxygens (including phenoxy) is 1. The molecule has 28 heavy (non-hydrogen) atoms. The van der Waals surface area contributed by atoms with Gasteiger partial charge in [0.1, 0.15) is 0 Å². The Morgan fingerprint density at radius 1 is 1.39 bits per heavy atom. The third-order valence-electron chi connectivity index (χ3n) is 6.92. The van der Waals surface area contributed by atoms with Gasteiger partial charge < -0.3 is 9.84 Å². The first-order chi connectivity index (χ1) is 13.6. The Kier molecular flexibility index (Phi) is 4.82. The molecule has 1 N–H and O–H groups in total. The molecule has 2 aromatic heterocycles. The highest BCUT2D eigenvalue weighted by atomic mass is 32.1. The quantitative estimate of drug-likeness (QED) is 0.852. The van der Waals surface area contributed by atoms with Crippen molar-refractivity contribution < 1.29 is 9.84 Å². The Hall–Kier alpha value is -1.28. The van der Waals surface area contributed by atoms with E-state index in [1.54, 1.807) is 4.88 Å². The molecule has 6 nitrogen and oxygen atoms in total. The van der Waals surface area contributed by atoms with Gasteiger partial charge in [-0.2, -0.15) is 0 Å². The van der Waals surface area contributed by atoms with E-state index in [0.29, 0.717) is 6.04 Å². The zero-order valence-corrected chi connectivity index (χ0v) is 17.6. The van der Waals surface area contributed by atoms with Crippen LogP contribution in [0.3, 0.4) is 0 Å². The van der Waals surface area contributed by atoms with Gasteiger partial charge >= 0.3 is 0 Å². The second kappa shape index (κ2) is 7.20. The number of hydrogen-bond acceptors (Lipinski definition) is 6. The molecule has 3 aliphatic rings. The van der Waals surface area contributed by atoms with Crippen molar-refractivity contribution in [3.8, 4) is 0 Å². The van der Waals surface area contributed by atoms with Crippen LogP contribution in [0.25, 0.3) is 0 Å². The summed E-state index contributed by atoms with van der Waals surface area (Å²) in [7, 11) is 0. The number of nitrogens with zero attached hydrogens (tertiary/aromatic N) is 4. The number of piperidine rings is 1. The first-order valence-electron chi connectivity index (χ1n) is 10.7. The van der Waals surface area contributed by atoms with Crippen molar-refractivity contribution in [2.75, 3.05) is 13.2 Å². The molecule has 5 rings (SSSR count). The van der Waals surface area contributed by atoms with Gasteiger partial charge in [-0.25, -0.2) is 4.68 Å². The molecule has 0 radical (unpaired) electrons. The zero-order chi connectivity index (χ0) is 19.3. The van der Waals surface area contributed by atoms with Crippen molar-refractivity contribution in [2.24, 2.45) is 0 Å². The van der Waals surface area contributed by atoms with Gasteiger partial charge in [0, 0.05) is 35.3 Å². The SMILES string of the molecule is CCc1cc2c(s1)CCO[C@@]21CCN(Cc2cn([C@H]3CC[C@@H]3O)nn2)[C@@H](C)C1. The first-order valence-corrected chi connectivity index (χ1v) is 11.5. The topological polar surface area (TPSA) is 63.4 Å². The summed E-state index contributed by atoms with van der Waals surface area (Å²) in [6.07, 6.45) is 7.87. The lowest BCUT2D eigenvalue weighted by atomic mass is 9.79. The number of aromatic nitrogens is 3. The summed E-state index contributed by atoms with van der Waals surface area (Å²) in [6, 6.07) is 2.96. The number of aliphatic hydroxyl groups excluding tert-OH is 1. The van der Waals surface area contributed by atoms with Crippen LogP contribution >= 0.6 is 11.3 Å². The molecular weight excluding hydrogens is 372 g/mol. The summed E-state index contributed by atoms with van der Waals surface area (Å²) in [5, 5.41) is 18.5. The van der Waals surface area contributed by atoms with Crippen LogP contribution in [0.15, 0.2) is 12.3 Å². The lowest BCUT2D eigenvalue weighted by Crippen LogP contribution is -2.50. The maximum absolute atomic E-state index is 9.86. The van der Waals surface area contributed by atoms with Crippen LogP contribution < -0.4 is 0 Å². The number of likely N-dealkylation sites (tertiary alicyclic amines) is 1. The highest BCUT2D eigenvalue weighted by molar-refractivity contribution is 7.12.